The maximum atomic E-state index is 5.94. The third kappa shape index (κ3) is 4.60. The van der Waals surface area contributed by atoms with Gasteiger partial charge in [0.2, 0.25) is 0 Å². The van der Waals surface area contributed by atoms with Crippen LogP contribution < -0.4 is 5.32 Å². The van der Waals surface area contributed by atoms with Gasteiger partial charge in [0.25, 0.3) is 0 Å². The van der Waals surface area contributed by atoms with Crippen molar-refractivity contribution in [3.8, 4) is 0 Å². The first-order chi connectivity index (χ1) is 12.1. The van der Waals surface area contributed by atoms with Crippen LogP contribution in [0.1, 0.15) is 23.7 Å². The number of ether oxygens (including phenoxy) is 1. The van der Waals surface area contributed by atoms with Crippen molar-refractivity contribution in [2.45, 2.75) is 19.1 Å². The Labute approximate surface area is 149 Å². The highest BCUT2D eigenvalue weighted by Gasteiger charge is 2.30. The normalized spacial score (nSPS) is 20.7. The summed E-state index contributed by atoms with van der Waals surface area (Å²) in [7, 11) is 5.97. The second-order valence-corrected chi connectivity index (χ2v) is 6.69. The Kier molecular flexibility index (Phi) is 5.71. The molecule has 2 atom stereocenters. The van der Waals surface area contributed by atoms with Crippen LogP contribution in [0.2, 0.25) is 0 Å². The van der Waals surface area contributed by atoms with E-state index in [0.29, 0.717) is 12.5 Å². The molecule has 2 heterocycles. The SMILES string of the molecule is CN(C)C(=NCc1ccccc1)NC[C@@H]1CCO[C@H]1c1cnn(C)c1. The molecule has 0 saturated carbocycles. The number of aromatic nitrogens is 2. The first kappa shape index (κ1) is 17.5. The molecule has 0 aliphatic carbocycles. The van der Waals surface area contributed by atoms with E-state index in [9.17, 15) is 0 Å². The van der Waals surface area contributed by atoms with Gasteiger partial charge in [-0.15, -0.1) is 0 Å². The molecule has 1 saturated heterocycles. The van der Waals surface area contributed by atoms with Crippen LogP contribution in [0.25, 0.3) is 0 Å². The average molecular weight is 341 g/mol. The number of rotatable bonds is 5. The van der Waals surface area contributed by atoms with Crippen molar-refractivity contribution in [2.24, 2.45) is 18.0 Å². The molecular weight excluding hydrogens is 314 g/mol. The summed E-state index contributed by atoms with van der Waals surface area (Å²) >= 11 is 0. The molecule has 134 valence electrons. The van der Waals surface area contributed by atoms with Crippen molar-refractivity contribution >= 4 is 5.96 Å². The minimum atomic E-state index is 0.110. The fourth-order valence-electron chi connectivity index (χ4n) is 3.13. The fraction of sp³-hybridized carbons (Fsp3) is 0.474. The molecule has 1 fully saturated rings. The molecule has 1 N–H and O–H groups in total. The summed E-state index contributed by atoms with van der Waals surface area (Å²) in [6.07, 6.45) is 5.10. The molecule has 0 unspecified atom stereocenters. The number of aliphatic imine (C=N–C) groups is 1. The van der Waals surface area contributed by atoms with Gasteiger partial charge in [0.05, 0.1) is 18.8 Å². The van der Waals surface area contributed by atoms with E-state index >= 15 is 0 Å². The van der Waals surface area contributed by atoms with Crippen LogP contribution in [0, 0.1) is 5.92 Å². The molecule has 0 amide bonds. The van der Waals surface area contributed by atoms with Gasteiger partial charge >= 0.3 is 0 Å². The molecule has 1 aliphatic rings. The first-order valence-electron chi connectivity index (χ1n) is 8.73. The molecular formula is C19H27N5O. The van der Waals surface area contributed by atoms with Gasteiger partial charge in [0.1, 0.15) is 0 Å². The Morgan fingerprint density at radius 1 is 1.36 bits per heavy atom. The van der Waals surface area contributed by atoms with Gasteiger partial charge in [-0.05, 0) is 12.0 Å². The minimum Gasteiger partial charge on any atom is -0.373 e. The molecule has 1 aromatic carbocycles. The number of guanidine groups is 1. The Hall–Kier alpha value is -2.34. The maximum Gasteiger partial charge on any atom is 0.193 e. The Bertz CT molecular complexity index is 695. The van der Waals surface area contributed by atoms with Crippen LogP contribution in [-0.4, -0.2) is 47.9 Å². The Balaban J connectivity index is 1.61. The van der Waals surface area contributed by atoms with Crippen molar-refractivity contribution in [2.75, 3.05) is 27.2 Å². The lowest BCUT2D eigenvalue weighted by atomic mass is 9.97. The number of aryl methyl sites for hydroxylation is 1. The standard InChI is InChI=1S/C19H27N5O/c1-23(2)19(20-11-15-7-5-4-6-8-15)21-12-16-9-10-25-18(16)17-13-22-24(3)14-17/h4-8,13-14,16,18H,9-12H2,1-3H3,(H,20,21)/t16-,18+/m0/s1. The van der Waals surface area contributed by atoms with E-state index in [1.807, 2.05) is 61.3 Å². The van der Waals surface area contributed by atoms with Crippen LogP contribution >= 0.6 is 0 Å². The summed E-state index contributed by atoms with van der Waals surface area (Å²) in [5, 5.41) is 7.77. The zero-order valence-corrected chi connectivity index (χ0v) is 15.2. The highest BCUT2D eigenvalue weighted by molar-refractivity contribution is 5.79. The number of hydrogen-bond donors (Lipinski definition) is 1. The van der Waals surface area contributed by atoms with Crippen molar-refractivity contribution < 1.29 is 4.74 Å². The highest BCUT2D eigenvalue weighted by atomic mass is 16.5. The van der Waals surface area contributed by atoms with Crippen LogP contribution in [0.15, 0.2) is 47.7 Å². The zero-order chi connectivity index (χ0) is 17.6. The topological polar surface area (TPSA) is 54.7 Å². The fourth-order valence-corrected chi connectivity index (χ4v) is 3.13. The van der Waals surface area contributed by atoms with E-state index in [-0.39, 0.29) is 6.10 Å². The Morgan fingerprint density at radius 2 is 2.16 bits per heavy atom. The third-order valence-corrected chi connectivity index (χ3v) is 4.47. The molecule has 1 aliphatic heterocycles. The number of nitrogens with zero attached hydrogens (tertiary/aromatic N) is 4. The summed E-state index contributed by atoms with van der Waals surface area (Å²) in [5.41, 5.74) is 2.36. The molecule has 0 bridgehead atoms. The molecule has 1 aromatic heterocycles. The number of benzene rings is 1. The van der Waals surface area contributed by atoms with Crippen LogP contribution in [-0.2, 0) is 18.3 Å². The second-order valence-electron chi connectivity index (χ2n) is 6.69. The van der Waals surface area contributed by atoms with E-state index < -0.39 is 0 Å². The van der Waals surface area contributed by atoms with Crippen molar-refractivity contribution in [3.63, 3.8) is 0 Å². The van der Waals surface area contributed by atoms with Gasteiger partial charge in [-0.2, -0.15) is 5.10 Å². The molecule has 25 heavy (non-hydrogen) atoms. The van der Waals surface area contributed by atoms with Crippen molar-refractivity contribution in [1.29, 1.82) is 0 Å². The van der Waals surface area contributed by atoms with E-state index in [4.69, 9.17) is 9.73 Å². The quantitative estimate of drug-likeness (QED) is 0.669. The lowest BCUT2D eigenvalue weighted by molar-refractivity contribution is 0.0913. The minimum absolute atomic E-state index is 0.110. The van der Waals surface area contributed by atoms with Crippen molar-refractivity contribution in [1.82, 2.24) is 20.0 Å². The summed E-state index contributed by atoms with van der Waals surface area (Å²) in [4.78, 5) is 6.76. The summed E-state index contributed by atoms with van der Waals surface area (Å²) in [6, 6.07) is 10.3. The van der Waals surface area contributed by atoms with Gasteiger partial charge in [-0.25, -0.2) is 4.99 Å². The third-order valence-electron chi connectivity index (χ3n) is 4.47. The van der Waals surface area contributed by atoms with Gasteiger partial charge in [0.15, 0.2) is 5.96 Å². The highest BCUT2D eigenvalue weighted by Crippen LogP contribution is 2.33. The van der Waals surface area contributed by atoms with Gasteiger partial charge in [-0.3, -0.25) is 4.68 Å². The molecule has 3 rings (SSSR count). The summed E-state index contributed by atoms with van der Waals surface area (Å²) in [5.74, 6) is 1.33. The van der Waals surface area contributed by atoms with Crippen molar-refractivity contribution in [3.05, 3.63) is 53.9 Å². The van der Waals surface area contributed by atoms with E-state index in [2.05, 4.69) is 22.5 Å². The lowest BCUT2D eigenvalue weighted by Gasteiger charge is -2.22. The zero-order valence-electron chi connectivity index (χ0n) is 15.2. The van der Waals surface area contributed by atoms with Gasteiger partial charge in [0, 0.05) is 52.0 Å². The first-order valence-corrected chi connectivity index (χ1v) is 8.73. The van der Waals surface area contributed by atoms with Crippen LogP contribution in [0.5, 0.6) is 0 Å². The molecule has 6 nitrogen and oxygen atoms in total. The van der Waals surface area contributed by atoms with E-state index in [1.165, 1.54) is 5.56 Å². The van der Waals surface area contributed by atoms with Crippen LogP contribution in [0.4, 0.5) is 0 Å². The average Bonchev–Trinajstić information content (AvgIpc) is 3.24. The van der Waals surface area contributed by atoms with Gasteiger partial charge < -0.3 is 15.0 Å². The lowest BCUT2D eigenvalue weighted by Crippen LogP contribution is -2.39. The monoisotopic (exact) mass is 341 g/mol. The predicted molar refractivity (Wildman–Crippen MR) is 99.3 cm³/mol. The van der Waals surface area contributed by atoms with Gasteiger partial charge in [-0.1, -0.05) is 30.3 Å². The van der Waals surface area contributed by atoms with E-state index in [0.717, 1.165) is 31.1 Å². The number of hydrogen-bond acceptors (Lipinski definition) is 3. The molecule has 0 spiro atoms. The molecule has 6 heteroatoms. The predicted octanol–water partition coefficient (Wildman–Crippen LogP) is 2.21. The smallest absolute Gasteiger partial charge is 0.193 e. The second kappa shape index (κ2) is 8.16. The Morgan fingerprint density at radius 3 is 2.84 bits per heavy atom. The van der Waals surface area contributed by atoms with Crippen LogP contribution in [0.3, 0.4) is 0 Å². The summed E-state index contributed by atoms with van der Waals surface area (Å²) in [6.45, 7) is 2.31. The van der Waals surface area contributed by atoms with E-state index in [1.54, 1.807) is 0 Å². The molecule has 2 aromatic rings. The maximum absolute atomic E-state index is 5.94. The summed E-state index contributed by atoms with van der Waals surface area (Å²) < 4.78 is 7.77. The number of nitrogens with one attached hydrogen (secondary N) is 1. The largest absolute Gasteiger partial charge is 0.373 e. The molecule has 0 radical (unpaired) electrons.